The van der Waals surface area contributed by atoms with Crippen LogP contribution in [0, 0.1) is 0 Å². The van der Waals surface area contributed by atoms with E-state index in [1.54, 1.807) is 12.1 Å². The van der Waals surface area contributed by atoms with E-state index in [1.165, 1.54) is 10.4 Å². The lowest BCUT2D eigenvalue weighted by atomic mass is 10.1. The number of halogens is 1. The molecule has 0 spiro atoms. The van der Waals surface area contributed by atoms with E-state index in [0.717, 1.165) is 5.56 Å². The summed E-state index contributed by atoms with van der Waals surface area (Å²) in [5.41, 5.74) is 6.30. The van der Waals surface area contributed by atoms with E-state index in [4.69, 9.17) is 17.3 Å². The van der Waals surface area contributed by atoms with Crippen molar-refractivity contribution in [3.63, 3.8) is 0 Å². The summed E-state index contributed by atoms with van der Waals surface area (Å²) < 4.78 is 27.0. The maximum absolute atomic E-state index is 12.8. The van der Waals surface area contributed by atoms with Crippen molar-refractivity contribution in [2.24, 2.45) is 5.73 Å². The number of sulfonamides is 1. The van der Waals surface area contributed by atoms with Gasteiger partial charge in [0.05, 0.1) is 4.90 Å². The topological polar surface area (TPSA) is 66.6 Å². The summed E-state index contributed by atoms with van der Waals surface area (Å²) >= 11 is 6.08. The van der Waals surface area contributed by atoms with Gasteiger partial charge in [0, 0.05) is 36.7 Å². The molecule has 5 nitrogen and oxygen atoms in total. The Labute approximate surface area is 131 Å². The van der Waals surface area contributed by atoms with Gasteiger partial charge in [0.1, 0.15) is 0 Å². The van der Waals surface area contributed by atoms with Crippen molar-refractivity contribution in [1.82, 2.24) is 9.21 Å². The number of nitrogens with zero attached hydrogens (tertiary/aromatic N) is 2. The second-order valence-electron chi connectivity index (χ2n) is 5.64. The van der Waals surface area contributed by atoms with Crippen LogP contribution in [0.4, 0.5) is 0 Å². The minimum Gasteiger partial charge on any atom is -0.326 e. The molecule has 118 valence electrons. The summed E-state index contributed by atoms with van der Waals surface area (Å²) in [5, 5.41) is 0.397. The predicted molar refractivity (Wildman–Crippen MR) is 84.8 cm³/mol. The molecule has 7 heteroatoms. The highest BCUT2D eigenvalue weighted by Crippen LogP contribution is 2.25. The fourth-order valence-corrected chi connectivity index (χ4v) is 4.51. The van der Waals surface area contributed by atoms with Crippen LogP contribution in [0.5, 0.6) is 0 Å². The Hall–Kier alpha value is -0.660. The largest absolute Gasteiger partial charge is 0.326 e. The monoisotopic (exact) mass is 331 g/mol. The van der Waals surface area contributed by atoms with Crippen molar-refractivity contribution in [2.45, 2.75) is 37.4 Å². The fraction of sp³-hybridized carbons (Fsp3) is 0.571. The van der Waals surface area contributed by atoms with Gasteiger partial charge < -0.3 is 5.73 Å². The Morgan fingerprint density at radius 3 is 2.33 bits per heavy atom. The molecule has 2 rings (SSSR count). The van der Waals surface area contributed by atoms with Crippen LogP contribution < -0.4 is 5.73 Å². The average molecular weight is 332 g/mol. The first-order chi connectivity index (χ1) is 9.77. The Kier molecular flexibility index (Phi) is 4.95. The maximum Gasteiger partial charge on any atom is 0.243 e. The quantitative estimate of drug-likeness (QED) is 0.911. The molecule has 1 saturated heterocycles. The highest BCUT2D eigenvalue weighted by Gasteiger charge is 2.34. The van der Waals surface area contributed by atoms with Gasteiger partial charge >= 0.3 is 0 Å². The van der Waals surface area contributed by atoms with Crippen LogP contribution in [-0.4, -0.2) is 49.8 Å². The predicted octanol–water partition coefficient (Wildman–Crippen LogP) is 1.51. The van der Waals surface area contributed by atoms with E-state index in [0.29, 0.717) is 24.7 Å². The minimum atomic E-state index is -3.52. The molecular formula is C14H22ClN3O2S. The van der Waals surface area contributed by atoms with Gasteiger partial charge in [0.25, 0.3) is 0 Å². The summed E-state index contributed by atoms with van der Waals surface area (Å²) in [4.78, 5) is 2.42. The van der Waals surface area contributed by atoms with Crippen LogP contribution in [0.1, 0.15) is 19.4 Å². The molecule has 1 aromatic rings. The zero-order chi connectivity index (χ0) is 15.8. The van der Waals surface area contributed by atoms with E-state index < -0.39 is 10.0 Å². The number of likely N-dealkylation sites (N-methyl/N-ethyl adjacent to an activating group) is 1. The van der Waals surface area contributed by atoms with E-state index in [1.807, 2.05) is 20.9 Å². The van der Waals surface area contributed by atoms with Crippen molar-refractivity contribution < 1.29 is 8.42 Å². The van der Waals surface area contributed by atoms with Gasteiger partial charge in [-0.3, -0.25) is 4.90 Å². The third-order valence-corrected chi connectivity index (χ3v) is 6.39. The molecule has 1 aromatic carbocycles. The molecule has 2 atom stereocenters. The normalized spacial score (nSPS) is 25.2. The Morgan fingerprint density at radius 1 is 1.29 bits per heavy atom. The zero-order valence-corrected chi connectivity index (χ0v) is 14.2. The van der Waals surface area contributed by atoms with Crippen molar-refractivity contribution in [2.75, 3.05) is 20.1 Å². The molecule has 0 amide bonds. The highest BCUT2D eigenvalue weighted by molar-refractivity contribution is 7.89. The van der Waals surface area contributed by atoms with Crippen LogP contribution in [-0.2, 0) is 16.6 Å². The molecule has 1 fully saturated rings. The summed E-state index contributed by atoms with van der Waals surface area (Å²) in [5.74, 6) is 0. The first kappa shape index (κ1) is 16.7. The van der Waals surface area contributed by atoms with Crippen LogP contribution in [0.3, 0.4) is 0 Å². The lowest BCUT2D eigenvalue weighted by Crippen LogP contribution is -2.56. The molecule has 2 N–H and O–H groups in total. The smallest absolute Gasteiger partial charge is 0.243 e. The number of benzene rings is 1. The van der Waals surface area contributed by atoms with E-state index >= 15 is 0 Å². The van der Waals surface area contributed by atoms with Crippen LogP contribution in [0.15, 0.2) is 23.1 Å². The van der Waals surface area contributed by atoms with Crippen molar-refractivity contribution >= 4 is 21.6 Å². The fourth-order valence-electron chi connectivity index (χ4n) is 2.56. The number of hydrogen-bond acceptors (Lipinski definition) is 4. The van der Waals surface area contributed by atoms with Gasteiger partial charge in [-0.1, -0.05) is 17.7 Å². The van der Waals surface area contributed by atoms with Gasteiger partial charge in [-0.05, 0) is 38.6 Å². The van der Waals surface area contributed by atoms with Crippen LogP contribution in [0.25, 0.3) is 0 Å². The molecule has 0 saturated carbocycles. The SMILES string of the molecule is CC1CN(S(=O)(=O)c2ccc(CN)c(Cl)c2)CC(C)N1C. The third kappa shape index (κ3) is 3.24. The van der Waals surface area contributed by atoms with Gasteiger partial charge in [-0.25, -0.2) is 8.42 Å². The van der Waals surface area contributed by atoms with Crippen molar-refractivity contribution in [3.8, 4) is 0 Å². The molecule has 21 heavy (non-hydrogen) atoms. The van der Waals surface area contributed by atoms with Gasteiger partial charge in [-0.2, -0.15) is 4.31 Å². The van der Waals surface area contributed by atoms with Crippen LogP contribution >= 0.6 is 11.6 Å². The molecule has 0 bridgehead atoms. The molecular weight excluding hydrogens is 310 g/mol. The average Bonchev–Trinajstić information content (AvgIpc) is 2.44. The van der Waals surface area contributed by atoms with Gasteiger partial charge in [-0.15, -0.1) is 0 Å². The highest BCUT2D eigenvalue weighted by atomic mass is 35.5. The van der Waals surface area contributed by atoms with Crippen molar-refractivity contribution in [1.29, 1.82) is 0 Å². The van der Waals surface area contributed by atoms with Gasteiger partial charge in [0.2, 0.25) is 10.0 Å². The van der Waals surface area contributed by atoms with E-state index in [9.17, 15) is 8.42 Å². The Balaban J connectivity index is 2.32. The third-order valence-electron chi connectivity index (χ3n) is 4.21. The van der Waals surface area contributed by atoms with Crippen LogP contribution in [0.2, 0.25) is 5.02 Å². The number of rotatable bonds is 3. The first-order valence-corrected chi connectivity index (χ1v) is 8.79. The lowest BCUT2D eigenvalue weighted by molar-refractivity contribution is 0.105. The molecule has 1 aliphatic rings. The molecule has 0 radical (unpaired) electrons. The minimum absolute atomic E-state index is 0.183. The lowest BCUT2D eigenvalue weighted by Gasteiger charge is -2.41. The number of hydrogen-bond donors (Lipinski definition) is 1. The Morgan fingerprint density at radius 2 is 1.86 bits per heavy atom. The molecule has 2 unspecified atom stereocenters. The number of piperazine rings is 1. The Bertz CT molecular complexity index is 609. The molecule has 1 heterocycles. The first-order valence-electron chi connectivity index (χ1n) is 6.98. The summed E-state index contributed by atoms with van der Waals surface area (Å²) in [6, 6.07) is 5.12. The van der Waals surface area contributed by atoms with Crippen molar-refractivity contribution in [3.05, 3.63) is 28.8 Å². The van der Waals surface area contributed by atoms with Gasteiger partial charge in [0.15, 0.2) is 0 Å². The maximum atomic E-state index is 12.8. The standard InChI is InChI=1S/C14H22ClN3O2S/c1-10-8-18(9-11(2)17(10)3)21(19,20)13-5-4-12(7-16)14(15)6-13/h4-6,10-11H,7-9,16H2,1-3H3. The van der Waals surface area contributed by atoms with E-state index in [2.05, 4.69) is 4.90 Å². The summed E-state index contributed by atoms with van der Waals surface area (Å²) in [6.07, 6.45) is 0. The molecule has 1 aliphatic heterocycles. The summed E-state index contributed by atoms with van der Waals surface area (Å²) in [6.45, 7) is 5.33. The second-order valence-corrected chi connectivity index (χ2v) is 7.99. The molecule has 0 aromatic heterocycles. The number of nitrogens with two attached hydrogens (primary N) is 1. The van der Waals surface area contributed by atoms with E-state index in [-0.39, 0.29) is 17.0 Å². The second kappa shape index (κ2) is 6.22. The summed E-state index contributed by atoms with van der Waals surface area (Å²) in [7, 11) is -1.50. The molecule has 0 aliphatic carbocycles. The zero-order valence-electron chi connectivity index (χ0n) is 12.6.